The van der Waals surface area contributed by atoms with Gasteiger partial charge in [-0.25, -0.2) is 4.98 Å². The predicted molar refractivity (Wildman–Crippen MR) is 93.0 cm³/mol. The number of hydrogen-bond acceptors (Lipinski definition) is 3. The van der Waals surface area contributed by atoms with Crippen LogP contribution in [0.3, 0.4) is 0 Å². The van der Waals surface area contributed by atoms with Crippen LogP contribution < -0.4 is 4.74 Å². The molecule has 3 aromatic rings. The molecule has 114 valence electrons. The Kier molecular flexibility index (Phi) is 3.98. The molecule has 0 aliphatic carbocycles. The fourth-order valence-corrected chi connectivity index (χ4v) is 3.76. The largest absolute Gasteiger partial charge is 0.496 e. The summed E-state index contributed by atoms with van der Waals surface area (Å²) in [5, 5.41) is 0.918. The number of nitrogens with one attached hydrogen (secondary N) is 1. The Morgan fingerprint density at radius 2 is 2.05 bits per heavy atom. The van der Waals surface area contributed by atoms with Gasteiger partial charge in [0, 0.05) is 23.1 Å². The van der Waals surface area contributed by atoms with Crippen LogP contribution >= 0.6 is 10.5 Å². The number of aryl methyl sites for hydroxylation is 1. The fraction of sp³-hybridized carbons (Fsp3) is 0.235. The lowest BCUT2D eigenvalue weighted by atomic mass is 10.1. The molecule has 1 unspecified atom stereocenters. The van der Waals surface area contributed by atoms with Gasteiger partial charge in [0.1, 0.15) is 5.75 Å². The van der Waals surface area contributed by atoms with Crippen LogP contribution in [0.2, 0.25) is 0 Å². The Hall–Kier alpha value is -2.14. The van der Waals surface area contributed by atoms with Crippen LogP contribution in [0.25, 0.3) is 11.0 Å². The second-order valence-corrected chi connectivity index (χ2v) is 6.90. The van der Waals surface area contributed by atoms with E-state index in [0.717, 1.165) is 44.5 Å². The van der Waals surface area contributed by atoms with Gasteiger partial charge in [-0.3, -0.25) is 4.98 Å². The van der Waals surface area contributed by atoms with Gasteiger partial charge in [0.05, 0.1) is 23.8 Å². The number of nitrogens with zero attached hydrogens (tertiary/aromatic N) is 2. The first-order valence-electron chi connectivity index (χ1n) is 7.04. The molecular weight excluding hydrogens is 294 g/mol. The number of aromatic nitrogens is 3. The van der Waals surface area contributed by atoms with Crippen molar-refractivity contribution in [1.82, 2.24) is 15.0 Å². The molecule has 2 heterocycles. The fourth-order valence-electron chi connectivity index (χ4n) is 2.52. The van der Waals surface area contributed by atoms with Gasteiger partial charge in [0.25, 0.3) is 0 Å². The monoisotopic (exact) mass is 313 g/mol. The summed E-state index contributed by atoms with van der Waals surface area (Å²) in [6.45, 7) is 4.05. The summed E-state index contributed by atoms with van der Waals surface area (Å²) in [5.74, 6) is 5.93. The van der Waals surface area contributed by atoms with Crippen molar-refractivity contribution in [2.45, 2.75) is 24.8 Å². The molecule has 0 amide bonds. The number of aromatic amines is 1. The maximum absolute atomic E-state index is 5.47. The maximum Gasteiger partial charge on any atom is 0.160 e. The van der Waals surface area contributed by atoms with Gasteiger partial charge in [0.2, 0.25) is 0 Å². The number of pyridine rings is 1. The Labute approximate surface area is 132 Å². The molecule has 1 aromatic carbocycles. The number of methoxy groups -OCH3 is 1. The highest BCUT2D eigenvalue weighted by molar-refractivity contribution is 8.13. The van der Waals surface area contributed by atoms with Crippen LogP contribution in [0.5, 0.6) is 5.75 Å². The summed E-state index contributed by atoms with van der Waals surface area (Å²) in [7, 11) is 1.42. The van der Waals surface area contributed by atoms with Gasteiger partial charge in [0.15, 0.2) is 5.16 Å². The molecule has 0 fully saturated rings. The van der Waals surface area contributed by atoms with Crippen molar-refractivity contribution < 1.29 is 4.74 Å². The van der Waals surface area contributed by atoms with E-state index in [-0.39, 0.29) is 10.5 Å². The van der Waals surface area contributed by atoms with Crippen LogP contribution in [-0.4, -0.2) is 27.9 Å². The molecule has 2 aromatic heterocycles. The zero-order chi connectivity index (χ0) is 15.7. The van der Waals surface area contributed by atoms with Crippen molar-refractivity contribution in [2.75, 3.05) is 7.11 Å². The molecular formula is C17H19N3OS. The summed E-state index contributed by atoms with van der Waals surface area (Å²) in [6.07, 6.45) is 1.86. The van der Waals surface area contributed by atoms with Crippen LogP contribution in [-0.2, 0) is 5.75 Å². The van der Waals surface area contributed by atoms with E-state index < -0.39 is 0 Å². The summed E-state index contributed by atoms with van der Waals surface area (Å²) in [6, 6.07) is 8.03. The van der Waals surface area contributed by atoms with Gasteiger partial charge >= 0.3 is 0 Å². The number of H-pyrrole nitrogens is 1. The third-order valence-electron chi connectivity index (χ3n) is 3.70. The van der Waals surface area contributed by atoms with Crippen LogP contribution in [0, 0.1) is 13.8 Å². The number of ether oxygens (including phenoxy) is 1. The lowest BCUT2D eigenvalue weighted by Crippen LogP contribution is -1.99. The van der Waals surface area contributed by atoms with E-state index in [1.54, 1.807) is 7.11 Å². The second kappa shape index (κ2) is 5.93. The lowest BCUT2D eigenvalue weighted by molar-refractivity contribution is 0.407. The Balaban J connectivity index is 1.91. The van der Waals surface area contributed by atoms with E-state index in [1.165, 1.54) is 0 Å². The Morgan fingerprint density at radius 1 is 1.27 bits per heavy atom. The first-order valence-corrected chi connectivity index (χ1v) is 8.61. The van der Waals surface area contributed by atoms with Gasteiger partial charge in [-0.1, -0.05) is 18.0 Å². The Morgan fingerprint density at radius 3 is 2.77 bits per heavy atom. The number of benzene rings is 1. The van der Waals surface area contributed by atoms with Crippen LogP contribution in [0.15, 0.2) is 35.6 Å². The van der Waals surface area contributed by atoms with Crippen molar-refractivity contribution in [3.63, 3.8) is 0 Å². The van der Waals surface area contributed by atoms with E-state index in [4.69, 9.17) is 4.74 Å². The Bertz CT molecular complexity index is 821. The standard InChI is InChI=1S/C17H19N3OS/c1-11-9-18-15(12(2)16(11)21-3)10-22(4)17-19-13-7-5-6-8-14(13)20-17/h5-9H,4,10H2,1-3H3,(H,19,20). The minimum Gasteiger partial charge on any atom is -0.496 e. The van der Waals surface area contributed by atoms with Crippen molar-refractivity contribution in [2.24, 2.45) is 0 Å². The number of imidazole rings is 1. The molecule has 0 bridgehead atoms. The minimum atomic E-state index is -0.279. The van der Waals surface area contributed by atoms with Crippen molar-refractivity contribution in [1.29, 1.82) is 0 Å². The average Bonchev–Trinajstić information content (AvgIpc) is 2.95. The van der Waals surface area contributed by atoms with Gasteiger partial charge in [-0.15, -0.1) is 10.5 Å². The molecule has 0 saturated carbocycles. The molecule has 1 N–H and O–H groups in total. The predicted octanol–water partition coefficient (Wildman–Crippen LogP) is 3.84. The molecule has 1 atom stereocenters. The topological polar surface area (TPSA) is 50.8 Å². The molecule has 5 heteroatoms. The first-order chi connectivity index (χ1) is 10.6. The van der Waals surface area contributed by atoms with Crippen molar-refractivity contribution >= 4 is 27.4 Å². The SMILES string of the molecule is C=S(Cc1ncc(C)c(OC)c1C)c1nc2ccccc2[nH]1. The smallest absolute Gasteiger partial charge is 0.160 e. The van der Waals surface area contributed by atoms with Gasteiger partial charge in [-0.2, -0.15) is 0 Å². The zero-order valence-corrected chi connectivity index (χ0v) is 13.8. The molecule has 4 nitrogen and oxygen atoms in total. The summed E-state index contributed by atoms with van der Waals surface area (Å²) in [4.78, 5) is 12.5. The number of fused-ring (bicyclic) bond motifs is 1. The second-order valence-electron chi connectivity index (χ2n) is 5.24. The molecule has 0 aliphatic heterocycles. The summed E-state index contributed by atoms with van der Waals surface area (Å²) < 4.78 is 5.47. The molecule has 0 aliphatic rings. The quantitative estimate of drug-likeness (QED) is 0.744. The number of hydrogen-bond donors (Lipinski definition) is 1. The van der Waals surface area contributed by atoms with E-state index in [2.05, 4.69) is 20.8 Å². The lowest BCUT2D eigenvalue weighted by Gasteiger charge is -2.13. The highest BCUT2D eigenvalue weighted by Crippen LogP contribution is 2.32. The third-order valence-corrected chi connectivity index (χ3v) is 5.06. The molecule has 22 heavy (non-hydrogen) atoms. The third kappa shape index (κ3) is 2.64. The summed E-state index contributed by atoms with van der Waals surface area (Å²) in [5.41, 5.74) is 5.17. The van der Waals surface area contributed by atoms with E-state index in [9.17, 15) is 0 Å². The highest BCUT2D eigenvalue weighted by Gasteiger charge is 2.12. The highest BCUT2D eigenvalue weighted by atomic mass is 32.2. The number of rotatable bonds is 4. The zero-order valence-electron chi connectivity index (χ0n) is 13.0. The van der Waals surface area contributed by atoms with Crippen LogP contribution in [0.4, 0.5) is 0 Å². The van der Waals surface area contributed by atoms with E-state index in [1.807, 2.05) is 44.3 Å². The number of para-hydroxylation sites is 2. The molecule has 3 rings (SSSR count). The maximum atomic E-state index is 5.47. The van der Waals surface area contributed by atoms with Crippen molar-refractivity contribution in [3.05, 3.63) is 47.3 Å². The first kappa shape index (κ1) is 14.8. The minimum absolute atomic E-state index is 0.279. The van der Waals surface area contributed by atoms with Gasteiger partial charge < -0.3 is 9.72 Å². The molecule has 0 radical (unpaired) electrons. The van der Waals surface area contributed by atoms with Gasteiger partial charge in [-0.05, 0) is 26.0 Å². The van der Waals surface area contributed by atoms with E-state index >= 15 is 0 Å². The molecule has 0 saturated heterocycles. The normalized spacial score (nSPS) is 12.5. The van der Waals surface area contributed by atoms with E-state index in [0.29, 0.717) is 0 Å². The van der Waals surface area contributed by atoms with Crippen molar-refractivity contribution in [3.8, 4) is 5.75 Å². The van der Waals surface area contributed by atoms with Crippen LogP contribution in [0.1, 0.15) is 16.8 Å². The summed E-state index contributed by atoms with van der Waals surface area (Å²) >= 11 is 0. The molecule has 0 spiro atoms. The average molecular weight is 313 g/mol.